The minimum Gasteiger partial charge on any atom is -0.352 e. The van der Waals surface area contributed by atoms with Crippen molar-refractivity contribution in [1.29, 1.82) is 0 Å². The number of carbonyl (C=O) groups is 2. The van der Waals surface area contributed by atoms with Gasteiger partial charge < -0.3 is 10.2 Å². The molecule has 31 heavy (non-hydrogen) atoms. The lowest BCUT2D eigenvalue weighted by molar-refractivity contribution is -0.126. The third-order valence-corrected chi connectivity index (χ3v) is 6.19. The zero-order valence-corrected chi connectivity index (χ0v) is 17.3. The van der Waals surface area contributed by atoms with Gasteiger partial charge in [-0.2, -0.15) is 5.10 Å². The monoisotopic (exact) mass is 415 g/mol. The summed E-state index contributed by atoms with van der Waals surface area (Å²) in [5, 5.41) is 7.10. The topological polar surface area (TPSA) is 80.1 Å². The molecule has 0 spiro atoms. The summed E-state index contributed by atoms with van der Waals surface area (Å²) >= 11 is 0. The molecule has 1 aliphatic carbocycles. The molecule has 7 nitrogen and oxygen atoms in total. The van der Waals surface area contributed by atoms with Gasteiger partial charge in [-0.1, -0.05) is 30.3 Å². The van der Waals surface area contributed by atoms with Crippen molar-refractivity contribution >= 4 is 17.5 Å². The molecule has 5 rings (SSSR count). The molecule has 158 valence electrons. The molecule has 2 aromatic carbocycles. The Bertz CT molecular complexity index is 1090. The van der Waals surface area contributed by atoms with Crippen molar-refractivity contribution < 1.29 is 9.59 Å². The number of anilines is 1. The first-order valence-corrected chi connectivity index (χ1v) is 10.8. The van der Waals surface area contributed by atoms with Gasteiger partial charge in [-0.3, -0.25) is 9.59 Å². The van der Waals surface area contributed by atoms with Crippen LogP contribution in [-0.4, -0.2) is 33.1 Å². The van der Waals surface area contributed by atoms with Crippen LogP contribution in [0.15, 0.2) is 55.1 Å². The number of nitrogens with zero attached hydrogens (tertiary/aromatic N) is 4. The number of hydrogen-bond acceptors (Lipinski definition) is 4. The number of amides is 2. The van der Waals surface area contributed by atoms with E-state index in [1.165, 1.54) is 23.9 Å². The van der Waals surface area contributed by atoms with Crippen LogP contribution in [0.2, 0.25) is 0 Å². The lowest BCUT2D eigenvalue weighted by Crippen LogP contribution is -2.32. The third-order valence-electron chi connectivity index (χ3n) is 6.19. The summed E-state index contributed by atoms with van der Waals surface area (Å²) in [4.78, 5) is 31.0. The van der Waals surface area contributed by atoms with Crippen LogP contribution in [-0.2, 0) is 35.5 Å². The van der Waals surface area contributed by atoms with E-state index >= 15 is 0 Å². The number of aryl methyl sites for hydroxylation is 2. The molecule has 1 aromatic heterocycles. The van der Waals surface area contributed by atoms with E-state index < -0.39 is 0 Å². The zero-order valence-electron chi connectivity index (χ0n) is 17.3. The Morgan fingerprint density at radius 2 is 1.87 bits per heavy atom. The fourth-order valence-corrected chi connectivity index (χ4v) is 4.46. The second-order valence-corrected chi connectivity index (χ2v) is 8.34. The van der Waals surface area contributed by atoms with Gasteiger partial charge >= 0.3 is 0 Å². The van der Waals surface area contributed by atoms with Gasteiger partial charge in [0, 0.05) is 25.2 Å². The van der Waals surface area contributed by atoms with Crippen LogP contribution < -0.4 is 10.2 Å². The van der Waals surface area contributed by atoms with Gasteiger partial charge in [-0.05, 0) is 53.6 Å². The van der Waals surface area contributed by atoms with E-state index in [4.69, 9.17) is 0 Å². The quantitative estimate of drug-likeness (QED) is 0.671. The van der Waals surface area contributed by atoms with Gasteiger partial charge in [0.15, 0.2) is 0 Å². The maximum atomic E-state index is 12.7. The van der Waals surface area contributed by atoms with Crippen LogP contribution in [0, 0.1) is 5.92 Å². The molecule has 1 aliphatic heterocycles. The standard InChI is InChI=1S/C24H25N5O2/c30-23-11-21(14-29(23)22-9-8-19-2-1-3-20(19)10-22)24(31)26-12-17-4-6-18(7-5-17)13-28-16-25-15-27-28/h4-10,15-16,21H,1-3,11-14H2,(H,26,31)/t21-/m1/s1. The first-order chi connectivity index (χ1) is 15.2. The number of fused-ring (bicyclic) bond motifs is 1. The van der Waals surface area contributed by atoms with Crippen LogP contribution in [0.4, 0.5) is 5.69 Å². The Morgan fingerprint density at radius 3 is 2.68 bits per heavy atom. The molecule has 7 heteroatoms. The highest BCUT2D eigenvalue weighted by Gasteiger charge is 2.35. The number of benzene rings is 2. The summed E-state index contributed by atoms with van der Waals surface area (Å²) in [5.41, 5.74) is 5.79. The van der Waals surface area contributed by atoms with Crippen molar-refractivity contribution in [3.63, 3.8) is 0 Å². The number of rotatable bonds is 6. The maximum absolute atomic E-state index is 12.7. The highest BCUT2D eigenvalue weighted by atomic mass is 16.2. The minimum atomic E-state index is -0.313. The molecular formula is C24H25N5O2. The van der Waals surface area contributed by atoms with Crippen molar-refractivity contribution in [3.05, 3.63) is 77.4 Å². The van der Waals surface area contributed by atoms with Crippen LogP contribution >= 0.6 is 0 Å². The van der Waals surface area contributed by atoms with Crippen LogP contribution in [0.1, 0.15) is 35.1 Å². The predicted molar refractivity (Wildman–Crippen MR) is 116 cm³/mol. The van der Waals surface area contributed by atoms with E-state index in [2.05, 4.69) is 27.5 Å². The Hall–Kier alpha value is -3.48. The fraction of sp³-hybridized carbons (Fsp3) is 0.333. The number of hydrogen-bond donors (Lipinski definition) is 1. The number of nitrogens with one attached hydrogen (secondary N) is 1. The summed E-state index contributed by atoms with van der Waals surface area (Å²) in [5.74, 6) is -0.355. The Labute approximate surface area is 181 Å². The van der Waals surface area contributed by atoms with Crippen LogP contribution in [0.3, 0.4) is 0 Å². The maximum Gasteiger partial charge on any atom is 0.227 e. The minimum absolute atomic E-state index is 0.0237. The molecule has 2 heterocycles. The molecule has 0 bridgehead atoms. The van der Waals surface area contributed by atoms with Gasteiger partial charge in [0.05, 0.1) is 12.5 Å². The molecule has 1 fully saturated rings. The van der Waals surface area contributed by atoms with Gasteiger partial charge in [0.1, 0.15) is 12.7 Å². The molecule has 1 N–H and O–H groups in total. The zero-order chi connectivity index (χ0) is 21.2. The normalized spacial score (nSPS) is 17.7. The highest BCUT2D eigenvalue weighted by Crippen LogP contribution is 2.30. The van der Waals surface area contributed by atoms with Crippen molar-refractivity contribution in [1.82, 2.24) is 20.1 Å². The van der Waals surface area contributed by atoms with E-state index in [1.807, 2.05) is 30.3 Å². The lowest BCUT2D eigenvalue weighted by Gasteiger charge is -2.18. The molecule has 2 amide bonds. The number of carbonyl (C=O) groups excluding carboxylic acids is 2. The largest absolute Gasteiger partial charge is 0.352 e. The third kappa shape index (κ3) is 4.21. The predicted octanol–water partition coefficient (Wildman–Crippen LogP) is 2.48. The lowest BCUT2D eigenvalue weighted by atomic mass is 10.1. The van der Waals surface area contributed by atoms with Crippen LogP contribution in [0.5, 0.6) is 0 Å². The molecule has 3 aromatic rings. The van der Waals surface area contributed by atoms with E-state index in [9.17, 15) is 9.59 Å². The Balaban J connectivity index is 1.16. The molecule has 0 saturated carbocycles. The van der Waals surface area contributed by atoms with Gasteiger partial charge in [0.2, 0.25) is 11.8 Å². The SMILES string of the molecule is O=C(NCc1ccc(Cn2cncn2)cc1)[C@@H]1CC(=O)N(c2ccc3c(c2)CCC3)C1. The van der Waals surface area contributed by atoms with Gasteiger partial charge in [0.25, 0.3) is 0 Å². The fourth-order valence-electron chi connectivity index (χ4n) is 4.46. The number of aromatic nitrogens is 3. The Kier molecular flexibility index (Phi) is 5.24. The van der Waals surface area contributed by atoms with E-state index in [0.717, 1.165) is 29.7 Å². The smallest absolute Gasteiger partial charge is 0.227 e. The second kappa shape index (κ2) is 8.34. The van der Waals surface area contributed by atoms with Crippen molar-refractivity contribution in [3.8, 4) is 0 Å². The summed E-state index contributed by atoms with van der Waals surface area (Å²) in [6.45, 7) is 1.56. The molecular weight excluding hydrogens is 390 g/mol. The first-order valence-electron chi connectivity index (χ1n) is 10.8. The molecule has 1 atom stereocenters. The molecule has 2 aliphatic rings. The van der Waals surface area contributed by atoms with Gasteiger partial charge in [-0.15, -0.1) is 0 Å². The van der Waals surface area contributed by atoms with Crippen molar-refractivity contribution in [2.45, 2.75) is 38.8 Å². The Morgan fingerprint density at radius 1 is 1.06 bits per heavy atom. The average molecular weight is 415 g/mol. The van der Waals surface area contributed by atoms with Crippen LogP contribution in [0.25, 0.3) is 0 Å². The van der Waals surface area contributed by atoms with Gasteiger partial charge in [-0.25, -0.2) is 9.67 Å². The molecule has 0 unspecified atom stereocenters. The van der Waals surface area contributed by atoms with Crippen molar-refractivity contribution in [2.24, 2.45) is 5.92 Å². The summed E-state index contributed by atoms with van der Waals surface area (Å²) in [6, 6.07) is 14.3. The average Bonchev–Trinajstić information content (AvgIpc) is 3.53. The summed E-state index contributed by atoms with van der Waals surface area (Å²) < 4.78 is 1.76. The van der Waals surface area contributed by atoms with E-state index in [-0.39, 0.29) is 24.2 Å². The second-order valence-electron chi connectivity index (χ2n) is 8.34. The van der Waals surface area contributed by atoms with E-state index in [0.29, 0.717) is 19.6 Å². The highest BCUT2D eigenvalue weighted by molar-refractivity contribution is 6.00. The first kappa shape index (κ1) is 19.5. The van der Waals surface area contributed by atoms with Crippen molar-refractivity contribution in [2.75, 3.05) is 11.4 Å². The molecule has 0 radical (unpaired) electrons. The summed E-state index contributed by atoms with van der Waals surface area (Å²) in [7, 11) is 0. The summed E-state index contributed by atoms with van der Waals surface area (Å²) in [6.07, 6.45) is 6.84. The molecule has 1 saturated heterocycles. The van der Waals surface area contributed by atoms with E-state index in [1.54, 1.807) is 15.9 Å².